The van der Waals surface area contributed by atoms with Crippen LogP contribution in [0.1, 0.15) is 17.3 Å². The highest BCUT2D eigenvalue weighted by Gasteiger charge is 2.41. The number of hydrogen-bond donors (Lipinski definition) is 0. The maximum absolute atomic E-state index is 12.4. The highest BCUT2D eigenvalue weighted by atomic mass is 16.5. The van der Waals surface area contributed by atoms with Gasteiger partial charge in [-0.25, -0.2) is 0 Å². The van der Waals surface area contributed by atoms with E-state index >= 15 is 0 Å². The van der Waals surface area contributed by atoms with Gasteiger partial charge in [0.2, 0.25) is 0 Å². The van der Waals surface area contributed by atoms with Crippen molar-refractivity contribution in [2.75, 3.05) is 33.8 Å². The molecular formula is C14H19N3O3. The molecule has 2 heterocycles. The second-order valence-corrected chi connectivity index (χ2v) is 5.24. The van der Waals surface area contributed by atoms with Crippen LogP contribution in [0.2, 0.25) is 0 Å². The van der Waals surface area contributed by atoms with Gasteiger partial charge < -0.3 is 14.5 Å². The summed E-state index contributed by atoms with van der Waals surface area (Å²) in [6.07, 6.45) is 3.16. The monoisotopic (exact) mass is 277 g/mol. The van der Waals surface area contributed by atoms with E-state index in [2.05, 4.69) is 4.98 Å². The molecule has 0 radical (unpaired) electrons. The molecule has 1 aliphatic rings. The maximum Gasteiger partial charge on any atom is 0.255 e. The average molecular weight is 277 g/mol. The molecule has 2 amide bonds. The molecule has 1 aromatic rings. The van der Waals surface area contributed by atoms with Crippen molar-refractivity contribution in [2.45, 2.75) is 12.5 Å². The number of carbonyl (C=O) groups excluding carboxylic acids is 2. The Morgan fingerprint density at radius 3 is 2.60 bits per heavy atom. The lowest BCUT2D eigenvalue weighted by Crippen LogP contribution is -2.59. The Balaban J connectivity index is 2.15. The van der Waals surface area contributed by atoms with Gasteiger partial charge in [-0.2, -0.15) is 0 Å². The minimum Gasteiger partial charge on any atom is -0.362 e. The molecule has 6 nitrogen and oxygen atoms in total. The third-order valence-electron chi connectivity index (χ3n) is 3.35. The molecule has 0 saturated carbocycles. The summed E-state index contributed by atoms with van der Waals surface area (Å²) in [7, 11) is 3.36. The summed E-state index contributed by atoms with van der Waals surface area (Å²) < 4.78 is 5.61. The van der Waals surface area contributed by atoms with E-state index in [0.717, 1.165) is 0 Å². The van der Waals surface area contributed by atoms with E-state index in [1.165, 1.54) is 4.90 Å². The van der Waals surface area contributed by atoms with Gasteiger partial charge in [0.25, 0.3) is 11.8 Å². The number of ether oxygens (including phenoxy) is 1. The molecule has 1 saturated heterocycles. The number of carbonyl (C=O) groups is 2. The largest absolute Gasteiger partial charge is 0.362 e. The number of likely N-dealkylation sites (N-methyl/N-ethyl adjacent to an activating group) is 1. The van der Waals surface area contributed by atoms with E-state index in [1.54, 1.807) is 50.4 Å². The molecular weight excluding hydrogens is 258 g/mol. The molecule has 20 heavy (non-hydrogen) atoms. The quantitative estimate of drug-likeness (QED) is 0.785. The Bertz CT molecular complexity index is 504. The number of pyridine rings is 1. The van der Waals surface area contributed by atoms with Gasteiger partial charge in [0, 0.05) is 38.6 Å². The summed E-state index contributed by atoms with van der Waals surface area (Å²) in [5.41, 5.74) is -0.411. The number of morpholine rings is 1. The molecule has 6 heteroatoms. The molecule has 1 atom stereocenters. The predicted octanol–water partition coefficient (Wildman–Crippen LogP) is 0.401. The Morgan fingerprint density at radius 2 is 2.00 bits per heavy atom. The molecule has 0 aliphatic carbocycles. The standard InChI is InChI=1S/C14H19N3O3/c1-14(13(19)16(2)3)10-17(8-9-20-14)12(18)11-4-6-15-7-5-11/h4-7H,8-10H2,1-3H3/t14-/m0/s1. The predicted molar refractivity (Wildman–Crippen MR) is 73.2 cm³/mol. The van der Waals surface area contributed by atoms with Crippen LogP contribution >= 0.6 is 0 Å². The summed E-state index contributed by atoms with van der Waals surface area (Å²) >= 11 is 0. The van der Waals surface area contributed by atoms with E-state index in [1.807, 2.05) is 0 Å². The van der Waals surface area contributed by atoms with Crippen molar-refractivity contribution < 1.29 is 14.3 Å². The van der Waals surface area contributed by atoms with Crippen molar-refractivity contribution in [3.63, 3.8) is 0 Å². The molecule has 1 fully saturated rings. The lowest BCUT2D eigenvalue weighted by molar-refractivity contribution is -0.162. The van der Waals surface area contributed by atoms with Gasteiger partial charge in [-0.15, -0.1) is 0 Å². The minimum atomic E-state index is -0.982. The SMILES string of the molecule is CN(C)C(=O)[C@]1(C)CN(C(=O)c2ccncc2)CCO1. The zero-order chi connectivity index (χ0) is 14.8. The van der Waals surface area contributed by atoms with E-state index in [9.17, 15) is 9.59 Å². The molecule has 1 aromatic heterocycles. The molecule has 0 N–H and O–H groups in total. The molecule has 0 bridgehead atoms. The number of amides is 2. The van der Waals surface area contributed by atoms with Crippen LogP contribution in [0.25, 0.3) is 0 Å². The lowest BCUT2D eigenvalue weighted by atomic mass is 10.0. The van der Waals surface area contributed by atoms with Crippen LogP contribution in [-0.4, -0.2) is 66.0 Å². The normalized spacial score (nSPS) is 22.4. The molecule has 0 unspecified atom stereocenters. The van der Waals surface area contributed by atoms with Gasteiger partial charge in [-0.3, -0.25) is 14.6 Å². The zero-order valence-electron chi connectivity index (χ0n) is 12.0. The van der Waals surface area contributed by atoms with Crippen molar-refractivity contribution in [1.82, 2.24) is 14.8 Å². The summed E-state index contributed by atoms with van der Waals surface area (Å²) in [6, 6.07) is 3.34. The van der Waals surface area contributed by atoms with Crippen LogP contribution in [0, 0.1) is 0 Å². The molecule has 108 valence electrons. The van der Waals surface area contributed by atoms with Crippen LogP contribution in [0.15, 0.2) is 24.5 Å². The van der Waals surface area contributed by atoms with Crippen molar-refractivity contribution in [3.05, 3.63) is 30.1 Å². The zero-order valence-corrected chi connectivity index (χ0v) is 12.0. The summed E-state index contributed by atoms with van der Waals surface area (Å²) in [6.45, 7) is 2.82. The van der Waals surface area contributed by atoms with Crippen LogP contribution < -0.4 is 0 Å². The van der Waals surface area contributed by atoms with Gasteiger partial charge in [0.15, 0.2) is 5.60 Å². The number of rotatable bonds is 2. The third-order valence-corrected chi connectivity index (χ3v) is 3.35. The number of hydrogen-bond acceptors (Lipinski definition) is 4. The second-order valence-electron chi connectivity index (χ2n) is 5.24. The van der Waals surface area contributed by atoms with E-state index < -0.39 is 5.60 Å². The van der Waals surface area contributed by atoms with Gasteiger partial charge in [0.1, 0.15) is 0 Å². The Hall–Kier alpha value is -1.95. The van der Waals surface area contributed by atoms with E-state index in [-0.39, 0.29) is 18.4 Å². The number of aromatic nitrogens is 1. The average Bonchev–Trinajstić information content (AvgIpc) is 2.46. The van der Waals surface area contributed by atoms with E-state index in [4.69, 9.17) is 4.74 Å². The van der Waals surface area contributed by atoms with Crippen molar-refractivity contribution in [2.24, 2.45) is 0 Å². The second kappa shape index (κ2) is 5.58. The lowest BCUT2D eigenvalue weighted by Gasteiger charge is -2.40. The highest BCUT2D eigenvalue weighted by molar-refractivity contribution is 5.95. The first kappa shape index (κ1) is 14.5. The van der Waals surface area contributed by atoms with Crippen molar-refractivity contribution >= 4 is 11.8 Å². The van der Waals surface area contributed by atoms with Crippen LogP contribution in [-0.2, 0) is 9.53 Å². The Labute approximate surface area is 118 Å². The number of nitrogens with zero attached hydrogens (tertiary/aromatic N) is 3. The first-order valence-corrected chi connectivity index (χ1v) is 6.49. The van der Waals surface area contributed by atoms with Gasteiger partial charge in [-0.1, -0.05) is 0 Å². The minimum absolute atomic E-state index is 0.103. The van der Waals surface area contributed by atoms with E-state index in [0.29, 0.717) is 18.7 Å². The highest BCUT2D eigenvalue weighted by Crippen LogP contribution is 2.21. The fourth-order valence-electron chi connectivity index (χ4n) is 2.32. The first-order chi connectivity index (χ1) is 9.44. The maximum atomic E-state index is 12.4. The molecule has 0 aromatic carbocycles. The smallest absolute Gasteiger partial charge is 0.255 e. The fourth-order valence-corrected chi connectivity index (χ4v) is 2.32. The van der Waals surface area contributed by atoms with Gasteiger partial charge in [0.05, 0.1) is 13.2 Å². The summed E-state index contributed by atoms with van der Waals surface area (Å²) in [4.78, 5) is 31.6. The third kappa shape index (κ3) is 2.80. The van der Waals surface area contributed by atoms with Gasteiger partial charge >= 0.3 is 0 Å². The molecule has 1 aliphatic heterocycles. The molecule has 2 rings (SSSR count). The van der Waals surface area contributed by atoms with Crippen LogP contribution in [0.3, 0.4) is 0 Å². The fraction of sp³-hybridized carbons (Fsp3) is 0.500. The summed E-state index contributed by atoms with van der Waals surface area (Å²) in [5.74, 6) is -0.238. The van der Waals surface area contributed by atoms with Gasteiger partial charge in [-0.05, 0) is 19.1 Å². The Morgan fingerprint density at radius 1 is 1.35 bits per heavy atom. The first-order valence-electron chi connectivity index (χ1n) is 6.49. The van der Waals surface area contributed by atoms with Crippen molar-refractivity contribution in [1.29, 1.82) is 0 Å². The van der Waals surface area contributed by atoms with Crippen LogP contribution in [0.5, 0.6) is 0 Å². The summed E-state index contributed by atoms with van der Waals surface area (Å²) in [5, 5.41) is 0. The Kier molecular flexibility index (Phi) is 4.04. The van der Waals surface area contributed by atoms with Crippen molar-refractivity contribution in [3.8, 4) is 0 Å². The topological polar surface area (TPSA) is 62.7 Å². The van der Waals surface area contributed by atoms with Crippen LogP contribution in [0.4, 0.5) is 0 Å². The molecule has 0 spiro atoms.